The minimum absolute atomic E-state index is 0.280. The highest BCUT2D eigenvalue weighted by molar-refractivity contribution is 7.09. The molecule has 0 bridgehead atoms. The molecule has 1 aromatic heterocycles. The van der Waals surface area contributed by atoms with Gasteiger partial charge in [-0.25, -0.2) is 4.98 Å². The highest BCUT2D eigenvalue weighted by Gasteiger charge is 2.36. The first-order valence-electron chi connectivity index (χ1n) is 6.07. The molecule has 6 heteroatoms. The quantitative estimate of drug-likeness (QED) is 0.821. The number of hydrogen-bond acceptors (Lipinski definition) is 6. The molecule has 0 spiro atoms. The van der Waals surface area contributed by atoms with Crippen LogP contribution in [0.1, 0.15) is 24.0 Å². The first-order valence-corrected chi connectivity index (χ1v) is 6.95. The zero-order chi connectivity index (χ0) is 13.1. The number of methoxy groups -OCH3 is 1. The molecule has 2 rings (SSSR count). The Kier molecular flexibility index (Phi) is 4.31. The van der Waals surface area contributed by atoms with Crippen LogP contribution in [-0.4, -0.2) is 46.8 Å². The van der Waals surface area contributed by atoms with Gasteiger partial charge in [-0.2, -0.15) is 0 Å². The van der Waals surface area contributed by atoms with E-state index >= 15 is 0 Å². The third kappa shape index (κ3) is 2.88. The van der Waals surface area contributed by atoms with Crippen LogP contribution in [0, 0.1) is 0 Å². The van der Waals surface area contributed by atoms with E-state index in [0.29, 0.717) is 19.5 Å². The normalized spacial score (nSPS) is 24.4. The summed E-state index contributed by atoms with van der Waals surface area (Å²) in [7, 11) is 1.38. The van der Waals surface area contributed by atoms with Gasteiger partial charge in [0.05, 0.1) is 23.9 Å². The Morgan fingerprint density at radius 2 is 2.50 bits per heavy atom. The maximum absolute atomic E-state index is 11.6. The Bertz CT molecular complexity index is 421. The van der Waals surface area contributed by atoms with Crippen LogP contribution in [0.4, 0.5) is 0 Å². The van der Waals surface area contributed by atoms with E-state index in [0.717, 1.165) is 17.1 Å². The lowest BCUT2D eigenvalue weighted by Gasteiger charge is -2.20. The lowest BCUT2D eigenvalue weighted by molar-refractivity contribution is -0.146. The highest BCUT2D eigenvalue weighted by Crippen LogP contribution is 2.22. The number of aliphatic hydroxyl groups is 1. The molecule has 2 unspecified atom stereocenters. The smallest absolute Gasteiger partial charge is 0.323 e. The standard InChI is InChI=1S/C12H18N2O3S/c1-3-11-13-8(7-18-11)5-14-6-9(15)4-10(14)12(16)17-2/h7,9-10,15H,3-6H2,1-2H3. The molecule has 0 saturated carbocycles. The van der Waals surface area contributed by atoms with Crippen molar-refractivity contribution >= 4 is 17.3 Å². The van der Waals surface area contributed by atoms with E-state index in [1.54, 1.807) is 11.3 Å². The predicted octanol–water partition coefficient (Wildman–Crippen LogP) is 0.814. The van der Waals surface area contributed by atoms with Crippen LogP contribution in [0.5, 0.6) is 0 Å². The van der Waals surface area contributed by atoms with Crippen LogP contribution in [0.3, 0.4) is 0 Å². The second kappa shape index (κ2) is 5.77. The molecule has 18 heavy (non-hydrogen) atoms. The molecule has 2 atom stereocenters. The number of rotatable bonds is 4. The maximum Gasteiger partial charge on any atom is 0.323 e. The molecule has 0 amide bonds. The number of likely N-dealkylation sites (tertiary alicyclic amines) is 1. The number of nitrogens with zero attached hydrogens (tertiary/aromatic N) is 2. The molecule has 1 aliphatic rings. The largest absolute Gasteiger partial charge is 0.468 e. The number of aromatic nitrogens is 1. The summed E-state index contributed by atoms with van der Waals surface area (Å²) in [5, 5.41) is 12.8. The summed E-state index contributed by atoms with van der Waals surface area (Å²) in [6.07, 6.45) is 0.906. The Morgan fingerprint density at radius 3 is 3.11 bits per heavy atom. The summed E-state index contributed by atoms with van der Waals surface area (Å²) in [6.45, 7) is 3.16. The van der Waals surface area contributed by atoms with Crippen LogP contribution in [0.25, 0.3) is 0 Å². The van der Waals surface area contributed by atoms with Crippen molar-refractivity contribution in [1.82, 2.24) is 9.88 Å². The van der Waals surface area contributed by atoms with Gasteiger partial charge in [-0.15, -0.1) is 11.3 Å². The van der Waals surface area contributed by atoms with E-state index in [1.807, 2.05) is 10.3 Å². The minimum atomic E-state index is -0.460. The van der Waals surface area contributed by atoms with Gasteiger partial charge in [0, 0.05) is 24.9 Å². The molecule has 1 N–H and O–H groups in total. The van der Waals surface area contributed by atoms with Gasteiger partial charge < -0.3 is 9.84 Å². The molecule has 1 aliphatic heterocycles. The number of thiazole rings is 1. The first-order chi connectivity index (χ1) is 8.63. The van der Waals surface area contributed by atoms with E-state index in [9.17, 15) is 9.90 Å². The van der Waals surface area contributed by atoms with Crippen LogP contribution in [-0.2, 0) is 22.5 Å². The van der Waals surface area contributed by atoms with Crippen LogP contribution < -0.4 is 0 Å². The molecule has 1 aromatic rings. The van der Waals surface area contributed by atoms with Gasteiger partial charge in [0.15, 0.2) is 0 Å². The zero-order valence-corrected chi connectivity index (χ0v) is 11.4. The van der Waals surface area contributed by atoms with E-state index in [-0.39, 0.29) is 12.0 Å². The maximum atomic E-state index is 11.6. The van der Waals surface area contributed by atoms with Crippen molar-refractivity contribution in [2.24, 2.45) is 0 Å². The van der Waals surface area contributed by atoms with E-state index in [2.05, 4.69) is 11.9 Å². The van der Waals surface area contributed by atoms with Crippen molar-refractivity contribution < 1.29 is 14.6 Å². The summed E-state index contributed by atoms with van der Waals surface area (Å²) in [5.41, 5.74) is 0.958. The van der Waals surface area contributed by atoms with Gasteiger partial charge in [-0.1, -0.05) is 6.92 Å². The van der Waals surface area contributed by atoms with E-state index in [4.69, 9.17) is 4.74 Å². The van der Waals surface area contributed by atoms with Gasteiger partial charge in [0.2, 0.25) is 0 Å². The molecule has 0 radical (unpaired) electrons. The van der Waals surface area contributed by atoms with Crippen molar-refractivity contribution in [1.29, 1.82) is 0 Å². The average Bonchev–Trinajstić information content (AvgIpc) is 2.95. The van der Waals surface area contributed by atoms with Gasteiger partial charge >= 0.3 is 5.97 Å². The second-order valence-electron chi connectivity index (χ2n) is 4.44. The van der Waals surface area contributed by atoms with Crippen LogP contribution in [0.2, 0.25) is 0 Å². The summed E-state index contributed by atoms with van der Waals surface area (Å²) in [6, 6.07) is -0.350. The molecule has 1 saturated heterocycles. The number of aliphatic hydroxyl groups excluding tert-OH is 1. The molecule has 2 heterocycles. The Hall–Kier alpha value is -0.980. The fourth-order valence-corrected chi connectivity index (χ4v) is 2.96. The van der Waals surface area contributed by atoms with Crippen molar-refractivity contribution in [3.8, 4) is 0 Å². The summed E-state index contributed by atoms with van der Waals surface area (Å²) < 4.78 is 4.77. The molecule has 5 nitrogen and oxygen atoms in total. The molecular formula is C12H18N2O3S. The number of β-amino-alcohol motifs (C(OH)–C–C–N with tert-alkyl or cyclic N) is 1. The third-order valence-electron chi connectivity index (χ3n) is 3.12. The van der Waals surface area contributed by atoms with Gasteiger partial charge in [0.25, 0.3) is 0 Å². The number of esters is 1. The topological polar surface area (TPSA) is 62.7 Å². The highest BCUT2D eigenvalue weighted by atomic mass is 32.1. The first kappa shape index (κ1) is 13.5. The summed E-state index contributed by atoms with van der Waals surface area (Å²) >= 11 is 1.63. The fraction of sp³-hybridized carbons (Fsp3) is 0.667. The van der Waals surface area contributed by atoms with Gasteiger partial charge in [0.1, 0.15) is 6.04 Å². The summed E-state index contributed by atoms with van der Waals surface area (Å²) in [5.74, 6) is -0.280. The van der Waals surface area contributed by atoms with Crippen molar-refractivity contribution in [2.75, 3.05) is 13.7 Å². The second-order valence-corrected chi connectivity index (χ2v) is 5.39. The SMILES string of the molecule is CCc1nc(CN2CC(O)CC2C(=O)OC)cs1. The number of ether oxygens (including phenoxy) is 1. The van der Waals surface area contributed by atoms with E-state index < -0.39 is 6.10 Å². The number of hydrogen-bond donors (Lipinski definition) is 1. The Balaban J connectivity index is 2.04. The lowest BCUT2D eigenvalue weighted by Crippen LogP contribution is -2.36. The van der Waals surface area contributed by atoms with E-state index in [1.165, 1.54) is 7.11 Å². The van der Waals surface area contributed by atoms with Gasteiger partial charge in [-0.05, 0) is 6.42 Å². The average molecular weight is 270 g/mol. The van der Waals surface area contributed by atoms with Crippen molar-refractivity contribution in [2.45, 2.75) is 38.5 Å². The number of carbonyl (C=O) groups is 1. The fourth-order valence-electron chi connectivity index (χ4n) is 2.23. The van der Waals surface area contributed by atoms with Crippen LogP contribution in [0.15, 0.2) is 5.38 Å². The molecule has 100 valence electrons. The molecule has 0 aromatic carbocycles. The summed E-state index contributed by atoms with van der Waals surface area (Å²) in [4.78, 5) is 18.0. The molecular weight excluding hydrogens is 252 g/mol. The van der Waals surface area contributed by atoms with Gasteiger partial charge in [-0.3, -0.25) is 9.69 Å². The number of aryl methyl sites for hydroxylation is 1. The Morgan fingerprint density at radius 1 is 1.72 bits per heavy atom. The molecule has 1 fully saturated rings. The third-order valence-corrected chi connectivity index (χ3v) is 4.16. The zero-order valence-electron chi connectivity index (χ0n) is 10.6. The monoisotopic (exact) mass is 270 g/mol. The van der Waals surface area contributed by atoms with Crippen molar-refractivity contribution in [3.63, 3.8) is 0 Å². The lowest BCUT2D eigenvalue weighted by atomic mass is 10.2. The Labute approximate surface area is 110 Å². The van der Waals surface area contributed by atoms with Crippen LogP contribution >= 0.6 is 11.3 Å². The van der Waals surface area contributed by atoms with Crippen molar-refractivity contribution in [3.05, 3.63) is 16.1 Å². The minimum Gasteiger partial charge on any atom is -0.468 e. The number of carbonyl (C=O) groups excluding carboxylic acids is 1. The molecule has 0 aliphatic carbocycles. The predicted molar refractivity (Wildman–Crippen MR) is 68.3 cm³/mol.